The SMILES string of the molecule is CNC(c1ccc2c(c1)CCC2)c1ccc(Br)cc1F. The Balaban J connectivity index is 2.01. The first kappa shape index (κ1) is 13.8. The highest BCUT2D eigenvalue weighted by Crippen LogP contribution is 2.30. The third-order valence-electron chi connectivity index (χ3n) is 4.02. The number of nitrogens with one attached hydrogen (secondary N) is 1. The van der Waals surface area contributed by atoms with Crippen LogP contribution in [-0.2, 0) is 12.8 Å². The molecule has 2 aromatic carbocycles. The van der Waals surface area contributed by atoms with Crippen LogP contribution in [0.4, 0.5) is 4.39 Å². The lowest BCUT2D eigenvalue weighted by molar-refractivity contribution is 0.575. The van der Waals surface area contributed by atoms with E-state index in [-0.39, 0.29) is 11.9 Å². The van der Waals surface area contributed by atoms with Crippen molar-refractivity contribution in [2.45, 2.75) is 25.3 Å². The van der Waals surface area contributed by atoms with Crippen molar-refractivity contribution in [3.63, 3.8) is 0 Å². The van der Waals surface area contributed by atoms with Crippen molar-refractivity contribution in [1.29, 1.82) is 0 Å². The van der Waals surface area contributed by atoms with Crippen LogP contribution < -0.4 is 5.32 Å². The van der Waals surface area contributed by atoms with Crippen molar-refractivity contribution >= 4 is 15.9 Å². The van der Waals surface area contributed by atoms with Crippen LogP contribution in [0.2, 0.25) is 0 Å². The number of aryl methyl sites for hydroxylation is 2. The highest BCUT2D eigenvalue weighted by Gasteiger charge is 2.19. The van der Waals surface area contributed by atoms with Gasteiger partial charge in [-0.15, -0.1) is 0 Å². The van der Waals surface area contributed by atoms with Crippen molar-refractivity contribution in [1.82, 2.24) is 5.32 Å². The molecule has 0 heterocycles. The van der Waals surface area contributed by atoms with Crippen LogP contribution in [0.25, 0.3) is 0 Å². The molecule has 1 N–H and O–H groups in total. The van der Waals surface area contributed by atoms with E-state index >= 15 is 0 Å². The minimum absolute atomic E-state index is 0.103. The van der Waals surface area contributed by atoms with Gasteiger partial charge in [0.2, 0.25) is 0 Å². The lowest BCUT2D eigenvalue weighted by Crippen LogP contribution is -2.19. The molecular formula is C17H17BrFN. The third kappa shape index (κ3) is 2.52. The molecule has 3 rings (SSSR count). The van der Waals surface area contributed by atoms with Crippen molar-refractivity contribution in [2.24, 2.45) is 0 Å². The molecule has 0 amide bonds. The minimum Gasteiger partial charge on any atom is -0.309 e. The van der Waals surface area contributed by atoms with E-state index in [2.05, 4.69) is 39.4 Å². The topological polar surface area (TPSA) is 12.0 Å². The molecule has 20 heavy (non-hydrogen) atoms. The maximum Gasteiger partial charge on any atom is 0.129 e. The number of benzene rings is 2. The van der Waals surface area contributed by atoms with Crippen molar-refractivity contribution in [2.75, 3.05) is 7.05 Å². The zero-order valence-corrected chi connectivity index (χ0v) is 13.0. The molecule has 104 valence electrons. The first-order valence-corrected chi connectivity index (χ1v) is 7.72. The Hall–Kier alpha value is -1.19. The summed E-state index contributed by atoms with van der Waals surface area (Å²) in [7, 11) is 1.87. The minimum atomic E-state index is -0.181. The zero-order valence-electron chi connectivity index (χ0n) is 11.4. The summed E-state index contributed by atoms with van der Waals surface area (Å²) in [4.78, 5) is 0. The summed E-state index contributed by atoms with van der Waals surface area (Å²) < 4.78 is 14.9. The fourth-order valence-corrected chi connectivity index (χ4v) is 3.34. The monoisotopic (exact) mass is 333 g/mol. The standard InChI is InChI=1S/C17H17BrFN/c1-20-17(15-8-7-14(18)10-16(15)19)13-6-5-11-3-2-4-12(11)9-13/h5-10,17,20H,2-4H2,1H3. The van der Waals surface area contributed by atoms with E-state index in [0.29, 0.717) is 5.56 Å². The highest BCUT2D eigenvalue weighted by molar-refractivity contribution is 9.10. The van der Waals surface area contributed by atoms with Gasteiger partial charge in [-0.3, -0.25) is 0 Å². The van der Waals surface area contributed by atoms with Crippen LogP contribution in [0.3, 0.4) is 0 Å². The Labute approximate surface area is 127 Å². The number of hydrogen-bond donors (Lipinski definition) is 1. The molecule has 1 nitrogen and oxygen atoms in total. The largest absolute Gasteiger partial charge is 0.309 e. The second-order valence-corrected chi connectivity index (χ2v) is 6.18. The van der Waals surface area contributed by atoms with E-state index in [1.165, 1.54) is 30.0 Å². The smallest absolute Gasteiger partial charge is 0.129 e. The predicted molar refractivity (Wildman–Crippen MR) is 83.5 cm³/mol. The molecule has 3 heteroatoms. The van der Waals surface area contributed by atoms with Crippen LogP contribution in [0.15, 0.2) is 40.9 Å². The van der Waals surface area contributed by atoms with E-state index in [0.717, 1.165) is 16.5 Å². The number of fused-ring (bicyclic) bond motifs is 1. The molecule has 0 fully saturated rings. The van der Waals surface area contributed by atoms with Gasteiger partial charge < -0.3 is 5.32 Å². The summed E-state index contributed by atoms with van der Waals surface area (Å²) in [6, 6.07) is 11.7. The third-order valence-corrected chi connectivity index (χ3v) is 4.51. The normalized spacial score (nSPS) is 15.2. The van der Waals surface area contributed by atoms with Crippen LogP contribution in [0.5, 0.6) is 0 Å². The lowest BCUT2D eigenvalue weighted by atomic mass is 9.95. The van der Waals surface area contributed by atoms with Crippen LogP contribution >= 0.6 is 15.9 Å². The first-order valence-electron chi connectivity index (χ1n) is 6.93. The summed E-state index contributed by atoms with van der Waals surface area (Å²) in [5, 5.41) is 3.23. The molecule has 0 radical (unpaired) electrons. The molecule has 1 aliphatic carbocycles. The Morgan fingerprint density at radius 3 is 2.65 bits per heavy atom. The van der Waals surface area contributed by atoms with E-state index in [1.807, 2.05) is 19.2 Å². The van der Waals surface area contributed by atoms with Crippen LogP contribution in [-0.4, -0.2) is 7.05 Å². The Bertz CT molecular complexity index is 639. The number of halogens is 2. The Morgan fingerprint density at radius 1 is 1.10 bits per heavy atom. The molecule has 0 aliphatic heterocycles. The van der Waals surface area contributed by atoms with Gasteiger partial charge in [-0.1, -0.05) is 40.2 Å². The number of rotatable bonds is 3. The molecule has 1 aliphatic rings. The fraction of sp³-hybridized carbons (Fsp3) is 0.294. The molecular weight excluding hydrogens is 317 g/mol. The van der Waals surface area contributed by atoms with Gasteiger partial charge in [0.05, 0.1) is 6.04 Å². The molecule has 1 unspecified atom stereocenters. The quantitative estimate of drug-likeness (QED) is 0.878. The van der Waals surface area contributed by atoms with Gasteiger partial charge in [0.1, 0.15) is 5.82 Å². The van der Waals surface area contributed by atoms with Crippen LogP contribution in [0.1, 0.15) is 34.7 Å². The summed E-state index contributed by atoms with van der Waals surface area (Å²) in [5.41, 5.74) is 4.68. The van der Waals surface area contributed by atoms with E-state index in [4.69, 9.17) is 0 Å². The molecule has 0 bridgehead atoms. The molecule has 2 aromatic rings. The molecule has 0 saturated carbocycles. The van der Waals surface area contributed by atoms with Gasteiger partial charge in [-0.25, -0.2) is 4.39 Å². The molecule has 0 saturated heterocycles. The Kier molecular flexibility index (Phi) is 3.90. The highest BCUT2D eigenvalue weighted by atomic mass is 79.9. The predicted octanol–water partition coefficient (Wildman–Crippen LogP) is 4.39. The van der Waals surface area contributed by atoms with E-state index in [1.54, 1.807) is 0 Å². The second-order valence-electron chi connectivity index (χ2n) is 5.27. The summed E-state index contributed by atoms with van der Waals surface area (Å²) >= 11 is 3.30. The van der Waals surface area contributed by atoms with Crippen molar-refractivity contribution in [3.05, 3.63) is 68.9 Å². The van der Waals surface area contributed by atoms with Gasteiger partial charge in [-0.05, 0) is 55.1 Å². The molecule has 0 spiro atoms. The summed E-state index contributed by atoms with van der Waals surface area (Å²) in [6.07, 6.45) is 3.55. The van der Waals surface area contributed by atoms with E-state index < -0.39 is 0 Å². The van der Waals surface area contributed by atoms with Gasteiger partial charge in [0.15, 0.2) is 0 Å². The lowest BCUT2D eigenvalue weighted by Gasteiger charge is -2.19. The average Bonchev–Trinajstić information content (AvgIpc) is 2.89. The van der Waals surface area contributed by atoms with Crippen LogP contribution in [0, 0.1) is 5.82 Å². The van der Waals surface area contributed by atoms with Gasteiger partial charge >= 0.3 is 0 Å². The average molecular weight is 334 g/mol. The maximum absolute atomic E-state index is 14.2. The summed E-state index contributed by atoms with van der Waals surface area (Å²) in [5.74, 6) is -0.181. The first-order chi connectivity index (χ1) is 9.69. The summed E-state index contributed by atoms with van der Waals surface area (Å²) in [6.45, 7) is 0. The maximum atomic E-state index is 14.2. The zero-order chi connectivity index (χ0) is 14.1. The van der Waals surface area contributed by atoms with Crippen molar-refractivity contribution in [3.8, 4) is 0 Å². The van der Waals surface area contributed by atoms with Gasteiger partial charge in [0.25, 0.3) is 0 Å². The molecule has 0 aromatic heterocycles. The number of hydrogen-bond acceptors (Lipinski definition) is 1. The second kappa shape index (κ2) is 5.66. The van der Waals surface area contributed by atoms with Crippen molar-refractivity contribution < 1.29 is 4.39 Å². The van der Waals surface area contributed by atoms with Gasteiger partial charge in [0, 0.05) is 10.0 Å². The van der Waals surface area contributed by atoms with Gasteiger partial charge in [-0.2, -0.15) is 0 Å². The molecule has 1 atom stereocenters. The Morgan fingerprint density at radius 2 is 1.90 bits per heavy atom. The van der Waals surface area contributed by atoms with E-state index in [9.17, 15) is 4.39 Å². The fourth-order valence-electron chi connectivity index (χ4n) is 3.01.